The van der Waals surface area contributed by atoms with Crippen LogP contribution in [0.2, 0.25) is 0 Å². The molecule has 0 aliphatic carbocycles. The monoisotopic (exact) mass is 336 g/mol. The number of carbonyl (C=O) groups is 1. The molecule has 3 heterocycles. The SMILES string of the molecule is CNC(=O)C1(c2cnccn2)CCCN1Cc1cc2ccccc2o1. The van der Waals surface area contributed by atoms with E-state index in [9.17, 15) is 4.79 Å². The number of fused-ring (bicyclic) bond motifs is 1. The van der Waals surface area contributed by atoms with Crippen molar-refractivity contribution in [1.82, 2.24) is 20.2 Å². The van der Waals surface area contributed by atoms with E-state index in [2.05, 4.69) is 20.2 Å². The van der Waals surface area contributed by atoms with Crippen molar-refractivity contribution in [2.45, 2.75) is 24.9 Å². The summed E-state index contributed by atoms with van der Waals surface area (Å²) in [5.74, 6) is 0.793. The Morgan fingerprint density at radius 3 is 3.00 bits per heavy atom. The number of para-hydroxylation sites is 1. The number of nitrogens with one attached hydrogen (secondary N) is 1. The van der Waals surface area contributed by atoms with Crippen LogP contribution in [0.4, 0.5) is 0 Å². The second-order valence-electron chi connectivity index (χ2n) is 6.31. The molecule has 1 saturated heterocycles. The highest BCUT2D eigenvalue weighted by Crippen LogP contribution is 2.39. The summed E-state index contributed by atoms with van der Waals surface area (Å²) < 4.78 is 5.96. The quantitative estimate of drug-likeness (QED) is 0.792. The third kappa shape index (κ3) is 2.59. The number of likely N-dealkylation sites (N-methyl/N-ethyl adjacent to an activating group) is 1. The first-order valence-electron chi connectivity index (χ1n) is 8.45. The lowest BCUT2D eigenvalue weighted by Crippen LogP contribution is -2.52. The predicted molar refractivity (Wildman–Crippen MR) is 93.6 cm³/mol. The minimum absolute atomic E-state index is 0.0541. The number of rotatable bonds is 4. The van der Waals surface area contributed by atoms with Crippen LogP contribution in [0.5, 0.6) is 0 Å². The summed E-state index contributed by atoms with van der Waals surface area (Å²) in [6.45, 7) is 1.36. The molecule has 1 N–H and O–H groups in total. The van der Waals surface area contributed by atoms with Gasteiger partial charge in [0, 0.05) is 31.4 Å². The Balaban J connectivity index is 1.72. The van der Waals surface area contributed by atoms with E-state index in [4.69, 9.17) is 4.42 Å². The fourth-order valence-corrected chi connectivity index (χ4v) is 3.77. The van der Waals surface area contributed by atoms with E-state index in [0.717, 1.165) is 29.7 Å². The molecule has 0 bridgehead atoms. The largest absolute Gasteiger partial charge is 0.460 e. The Morgan fingerprint density at radius 2 is 2.24 bits per heavy atom. The van der Waals surface area contributed by atoms with Gasteiger partial charge in [-0.15, -0.1) is 0 Å². The second-order valence-corrected chi connectivity index (χ2v) is 6.31. The predicted octanol–water partition coefficient (Wildman–Crippen LogP) is 2.46. The van der Waals surface area contributed by atoms with Crippen molar-refractivity contribution < 1.29 is 9.21 Å². The molecule has 1 aliphatic heterocycles. The molecular formula is C19H20N4O2. The van der Waals surface area contributed by atoms with Gasteiger partial charge in [0.1, 0.15) is 16.9 Å². The van der Waals surface area contributed by atoms with Crippen LogP contribution in [-0.2, 0) is 16.9 Å². The highest BCUT2D eigenvalue weighted by molar-refractivity contribution is 5.87. The molecule has 3 aromatic rings. The van der Waals surface area contributed by atoms with Crippen LogP contribution >= 0.6 is 0 Å². The third-order valence-corrected chi connectivity index (χ3v) is 4.92. The van der Waals surface area contributed by atoms with E-state index >= 15 is 0 Å². The highest BCUT2D eigenvalue weighted by Gasteiger charge is 2.50. The zero-order valence-corrected chi connectivity index (χ0v) is 14.1. The number of aromatic nitrogens is 2. The first-order chi connectivity index (χ1) is 12.2. The Labute approximate surface area is 145 Å². The number of hydrogen-bond donors (Lipinski definition) is 1. The maximum absolute atomic E-state index is 12.9. The number of benzene rings is 1. The molecule has 0 radical (unpaired) electrons. The lowest BCUT2D eigenvalue weighted by molar-refractivity contribution is -0.132. The van der Waals surface area contributed by atoms with Crippen LogP contribution in [0.25, 0.3) is 11.0 Å². The molecule has 6 nitrogen and oxygen atoms in total. The first kappa shape index (κ1) is 15.8. The van der Waals surface area contributed by atoms with Gasteiger partial charge in [0.15, 0.2) is 0 Å². The maximum Gasteiger partial charge on any atom is 0.246 e. The van der Waals surface area contributed by atoms with Gasteiger partial charge in [-0.2, -0.15) is 0 Å². The summed E-state index contributed by atoms with van der Waals surface area (Å²) >= 11 is 0. The Hall–Kier alpha value is -2.73. The standard InChI is InChI=1S/C19H20N4O2/c1-20-18(24)19(17-12-21-8-9-22-17)7-4-10-23(19)13-15-11-14-5-2-3-6-16(14)25-15/h2-3,5-6,8-9,11-12H,4,7,10,13H2,1H3,(H,20,24). The molecular weight excluding hydrogens is 316 g/mol. The minimum atomic E-state index is -0.804. The summed E-state index contributed by atoms with van der Waals surface area (Å²) in [6.07, 6.45) is 6.58. The van der Waals surface area contributed by atoms with Gasteiger partial charge < -0.3 is 9.73 Å². The van der Waals surface area contributed by atoms with Crippen LogP contribution < -0.4 is 5.32 Å². The molecule has 0 saturated carbocycles. The highest BCUT2D eigenvalue weighted by atomic mass is 16.3. The van der Waals surface area contributed by atoms with Crippen molar-refractivity contribution in [3.05, 3.63) is 60.4 Å². The summed E-state index contributed by atoms with van der Waals surface area (Å²) in [5, 5.41) is 3.88. The van der Waals surface area contributed by atoms with Gasteiger partial charge in [-0.1, -0.05) is 18.2 Å². The van der Waals surface area contributed by atoms with Crippen molar-refractivity contribution in [2.75, 3.05) is 13.6 Å². The van der Waals surface area contributed by atoms with Crippen LogP contribution in [0.1, 0.15) is 24.3 Å². The minimum Gasteiger partial charge on any atom is -0.460 e. The molecule has 128 valence electrons. The smallest absolute Gasteiger partial charge is 0.246 e. The molecule has 4 rings (SSSR count). The second kappa shape index (κ2) is 6.29. The van der Waals surface area contributed by atoms with Crippen molar-refractivity contribution in [3.8, 4) is 0 Å². The van der Waals surface area contributed by atoms with Crippen molar-refractivity contribution in [3.63, 3.8) is 0 Å². The van der Waals surface area contributed by atoms with Gasteiger partial charge in [0.25, 0.3) is 0 Å². The Kier molecular flexibility index (Phi) is 3.97. The summed E-state index contributed by atoms with van der Waals surface area (Å²) in [4.78, 5) is 23.6. The maximum atomic E-state index is 12.9. The number of carbonyl (C=O) groups excluding carboxylic acids is 1. The topological polar surface area (TPSA) is 71.3 Å². The normalized spacial score (nSPS) is 20.8. The third-order valence-electron chi connectivity index (χ3n) is 4.92. The molecule has 2 aromatic heterocycles. The van der Waals surface area contributed by atoms with Crippen molar-refractivity contribution >= 4 is 16.9 Å². The number of nitrogens with zero attached hydrogens (tertiary/aromatic N) is 3. The fourth-order valence-electron chi connectivity index (χ4n) is 3.77. The molecule has 1 atom stereocenters. The molecule has 1 fully saturated rings. The van der Waals surface area contributed by atoms with Crippen LogP contribution in [0, 0.1) is 0 Å². The van der Waals surface area contributed by atoms with E-state index < -0.39 is 5.54 Å². The van der Waals surface area contributed by atoms with E-state index in [1.165, 1.54) is 0 Å². The number of amides is 1. The lowest BCUT2D eigenvalue weighted by Gasteiger charge is -2.35. The first-order valence-corrected chi connectivity index (χ1v) is 8.45. The average molecular weight is 336 g/mol. The molecule has 1 aromatic carbocycles. The fraction of sp³-hybridized carbons (Fsp3) is 0.316. The summed E-state index contributed by atoms with van der Waals surface area (Å²) in [6, 6.07) is 9.98. The van der Waals surface area contributed by atoms with Crippen LogP contribution in [0.3, 0.4) is 0 Å². The van der Waals surface area contributed by atoms with Crippen LogP contribution in [0.15, 0.2) is 53.3 Å². The van der Waals surface area contributed by atoms with Gasteiger partial charge in [0.2, 0.25) is 5.91 Å². The van der Waals surface area contributed by atoms with Crippen LogP contribution in [-0.4, -0.2) is 34.4 Å². The van der Waals surface area contributed by atoms with E-state index in [1.807, 2.05) is 30.3 Å². The average Bonchev–Trinajstić information content (AvgIpc) is 3.26. The van der Waals surface area contributed by atoms with Crippen molar-refractivity contribution in [2.24, 2.45) is 0 Å². The zero-order valence-electron chi connectivity index (χ0n) is 14.1. The lowest BCUT2D eigenvalue weighted by atomic mass is 9.90. The van der Waals surface area contributed by atoms with Gasteiger partial charge in [-0.25, -0.2) is 0 Å². The van der Waals surface area contributed by atoms with E-state index in [-0.39, 0.29) is 5.91 Å². The van der Waals surface area contributed by atoms with Gasteiger partial charge in [0.05, 0.1) is 18.4 Å². The van der Waals surface area contributed by atoms with E-state index in [0.29, 0.717) is 18.7 Å². The zero-order chi connectivity index (χ0) is 17.3. The summed E-state index contributed by atoms with van der Waals surface area (Å²) in [5.41, 5.74) is 0.742. The van der Waals surface area contributed by atoms with Crippen molar-refractivity contribution in [1.29, 1.82) is 0 Å². The molecule has 0 spiro atoms. The van der Waals surface area contributed by atoms with E-state index in [1.54, 1.807) is 25.6 Å². The van der Waals surface area contributed by atoms with Gasteiger partial charge >= 0.3 is 0 Å². The molecule has 6 heteroatoms. The Bertz CT molecular complexity index is 860. The molecule has 25 heavy (non-hydrogen) atoms. The molecule has 1 unspecified atom stereocenters. The Morgan fingerprint density at radius 1 is 1.36 bits per heavy atom. The molecule has 1 amide bonds. The number of likely N-dealkylation sites (tertiary alicyclic amines) is 1. The van der Waals surface area contributed by atoms with Gasteiger partial charge in [-0.05, 0) is 25.0 Å². The number of hydrogen-bond acceptors (Lipinski definition) is 5. The molecule has 1 aliphatic rings. The summed E-state index contributed by atoms with van der Waals surface area (Å²) in [7, 11) is 1.66. The number of furan rings is 1. The van der Waals surface area contributed by atoms with Gasteiger partial charge in [-0.3, -0.25) is 19.7 Å².